The van der Waals surface area contributed by atoms with Crippen LogP contribution in [0.1, 0.15) is 36.2 Å². The molecular weight excluding hydrogens is 226 g/mol. The second-order valence-electron chi connectivity index (χ2n) is 3.64. The topological polar surface area (TPSA) is 88.8 Å². The maximum absolute atomic E-state index is 11.2. The number of furan rings is 1. The number of aromatic carboxylic acids is 1. The van der Waals surface area contributed by atoms with Crippen molar-refractivity contribution in [3.63, 3.8) is 0 Å². The van der Waals surface area contributed by atoms with Gasteiger partial charge in [0.15, 0.2) is 0 Å². The molecule has 2 N–H and O–H groups in total. The van der Waals surface area contributed by atoms with Gasteiger partial charge in [0.1, 0.15) is 11.8 Å². The first kappa shape index (κ1) is 13.2. The zero-order valence-electron chi connectivity index (χ0n) is 9.89. The molecule has 0 radical (unpaired) electrons. The van der Waals surface area contributed by atoms with E-state index in [2.05, 4.69) is 10.1 Å². The Morgan fingerprint density at radius 1 is 1.41 bits per heavy atom. The van der Waals surface area contributed by atoms with E-state index >= 15 is 0 Å². The molecule has 0 aliphatic carbocycles. The number of hydrogen-bond donors (Lipinski definition) is 2. The van der Waals surface area contributed by atoms with Crippen LogP contribution in [0, 0.1) is 0 Å². The van der Waals surface area contributed by atoms with Crippen LogP contribution < -0.4 is 5.32 Å². The standard InChI is InChI=1S/C11H15NO5/c1-6(12-7(2)11(15)16-3)8-4-5-9(17-8)10(13)14/h4-7,12H,1-3H3,(H,13,14). The number of carboxylic acids is 1. The van der Waals surface area contributed by atoms with Crippen molar-refractivity contribution in [1.82, 2.24) is 5.32 Å². The van der Waals surface area contributed by atoms with Crippen molar-refractivity contribution in [3.8, 4) is 0 Å². The number of carboxylic acid groups (broad SMARTS) is 1. The van der Waals surface area contributed by atoms with Gasteiger partial charge in [-0.3, -0.25) is 10.1 Å². The van der Waals surface area contributed by atoms with E-state index in [1.165, 1.54) is 13.2 Å². The van der Waals surface area contributed by atoms with Gasteiger partial charge in [-0.1, -0.05) is 0 Å². The molecule has 0 fully saturated rings. The molecule has 94 valence electrons. The quantitative estimate of drug-likeness (QED) is 0.753. The normalized spacial score (nSPS) is 14.1. The molecule has 6 heteroatoms. The van der Waals surface area contributed by atoms with Gasteiger partial charge in [0.05, 0.1) is 13.2 Å². The van der Waals surface area contributed by atoms with Gasteiger partial charge >= 0.3 is 11.9 Å². The summed E-state index contributed by atoms with van der Waals surface area (Å²) in [5.41, 5.74) is 0. The Balaban J connectivity index is 2.66. The van der Waals surface area contributed by atoms with Crippen molar-refractivity contribution in [1.29, 1.82) is 0 Å². The van der Waals surface area contributed by atoms with Crippen LogP contribution in [0.5, 0.6) is 0 Å². The summed E-state index contributed by atoms with van der Waals surface area (Å²) in [6, 6.07) is 2.16. The molecule has 1 aromatic heterocycles. The summed E-state index contributed by atoms with van der Waals surface area (Å²) >= 11 is 0. The third-order valence-corrected chi connectivity index (χ3v) is 2.32. The van der Waals surface area contributed by atoms with Crippen molar-refractivity contribution < 1.29 is 23.8 Å². The van der Waals surface area contributed by atoms with Crippen LogP contribution in [0.2, 0.25) is 0 Å². The molecular formula is C11H15NO5. The van der Waals surface area contributed by atoms with Gasteiger partial charge in [-0.2, -0.15) is 0 Å². The van der Waals surface area contributed by atoms with Crippen LogP contribution in [0.25, 0.3) is 0 Å². The van der Waals surface area contributed by atoms with Gasteiger partial charge in [0, 0.05) is 0 Å². The fraction of sp³-hybridized carbons (Fsp3) is 0.455. The molecule has 0 aromatic carbocycles. The van der Waals surface area contributed by atoms with Crippen LogP contribution in [0.4, 0.5) is 0 Å². The average molecular weight is 241 g/mol. The third-order valence-electron chi connectivity index (χ3n) is 2.32. The molecule has 0 amide bonds. The number of hydrogen-bond acceptors (Lipinski definition) is 5. The van der Waals surface area contributed by atoms with E-state index in [4.69, 9.17) is 9.52 Å². The Kier molecular flexibility index (Phi) is 4.28. The zero-order valence-corrected chi connectivity index (χ0v) is 9.89. The van der Waals surface area contributed by atoms with Crippen molar-refractivity contribution in [2.75, 3.05) is 7.11 Å². The summed E-state index contributed by atoms with van der Waals surface area (Å²) < 4.78 is 9.67. The fourth-order valence-electron chi connectivity index (χ4n) is 1.40. The van der Waals surface area contributed by atoms with Crippen molar-refractivity contribution in [3.05, 3.63) is 23.7 Å². The minimum atomic E-state index is -1.12. The first-order chi connectivity index (χ1) is 7.95. The third kappa shape index (κ3) is 3.32. The second kappa shape index (κ2) is 5.49. The molecule has 1 aromatic rings. The number of esters is 1. The molecule has 0 aliphatic heterocycles. The Bertz CT molecular complexity index is 412. The molecule has 1 rings (SSSR count). The molecule has 2 unspecified atom stereocenters. The molecule has 0 saturated carbocycles. The van der Waals surface area contributed by atoms with Crippen molar-refractivity contribution in [2.24, 2.45) is 0 Å². The van der Waals surface area contributed by atoms with Gasteiger partial charge in [0.2, 0.25) is 5.76 Å². The van der Waals surface area contributed by atoms with Crippen LogP contribution in [0.15, 0.2) is 16.5 Å². The van der Waals surface area contributed by atoms with E-state index < -0.39 is 12.0 Å². The van der Waals surface area contributed by atoms with Crippen LogP contribution in [-0.4, -0.2) is 30.2 Å². The van der Waals surface area contributed by atoms with E-state index in [0.717, 1.165) is 0 Å². The van der Waals surface area contributed by atoms with Gasteiger partial charge in [-0.05, 0) is 26.0 Å². The highest BCUT2D eigenvalue weighted by Crippen LogP contribution is 2.16. The molecule has 0 aliphatic rings. The van der Waals surface area contributed by atoms with Crippen molar-refractivity contribution in [2.45, 2.75) is 25.9 Å². The smallest absolute Gasteiger partial charge is 0.371 e. The number of nitrogens with one attached hydrogen (secondary N) is 1. The van der Waals surface area contributed by atoms with Gasteiger partial charge in [-0.25, -0.2) is 4.79 Å². The van der Waals surface area contributed by atoms with E-state index in [9.17, 15) is 9.59 Å². The molecule has 0 bridgehead atoms. The second-order valence-corrected chi connectivity index (χ2v) is 3.64. The summed E-state index contributed by atoms with van der Waals surface area (Å²) in [6.07, 6.45) is 0. The monoisotopic (exact) mass is 241 g/mol. The van der Waals surface area contributed by atoms with Gasteiger partial charge in [0.25, 0.3) is 0 Å². The maximum Gasteiger partial charge on any atom is 0.371 e. The Morgan fingerprint density at radius 2 is 2.06 bits per heavy atom. The van der Waals surface area contributed by atoms with Gasteiger partial charge < -0.3 is 14.3 Å². The lowest BCUT2D eigenvalue weighted by Crippen LogP contribution is -2.36. The maximum atomic E-state index is 11.2. The minimum Gasteiger partial charge on any atom is -0.475 e. The summed E-state index contributed by atoms with van der Waals surface area (Å²) in [5, 5.41) is 11.6. The zero-order chi connectivity index (χ0) is 13.0. The number of methoxy groups -OCH3 is 1. The molecule has 17 heavy (non-hydrogen) atoms. The Morgan fingerprint density at radius 3 is 2.53 bits per heavy atom. The van der Waals surface area contributed by atoms with Crippen LogP contribution >= 0.6 is 0 Å². The highest BCUT2D eigenvalue weighted by atomic mass is 16.5. The number of carbonyl (C=O) groups is 2. The lowest BCUT2D eigenvalue weighted by molar-refractivity contribution is -0.142. The van der Waals surface area contributed by atoms with Gasteiger partial charge in [-0.15, -0.1) is 0 Å². The van der Waals surface area contributed by atoms with E-state index in [1.807, 2.05) is 0 Å². The predicted octanol–water partition coefficient (Wildman–Crippen LogP) is 1.19. The van der Waals surface area contributed by atoms with E-state index in [-0.39, 0.29) is 17.8 Å². The van der Waals surface area contributed by atoms with Crippen LogP contribution in [-0.2, 0) is 9.53 Å². The minimum absolute atomic E-state index is 0.126. The number of ether oxygens (including phenoxy) is 1. The molecule has 0 saturated heterocycles. The molecule has 2 atom stereocenters. The first-order valence-corrected chi connectivity index (χ1v) is 5.12. The average Bonchev–Trinajstić information content (AvgIpc) is 2.77. The Hall–Kier alpha value is -1.82. The molecule has 6 nitrogen and oxygen atoms in total. The van der Waals surface area contributed by atoms with E-state index in [0.29, 0.717) is 5.76 Å². The lowest BCUT2D eigenvalue weighted by atomic mass is 10.2. The largest absolute Gasteiger partial charge is 0.475 e. The van der Waals surface area contributed by atoms with Crippen molar-refractivity contribution >= 4 is 11.9 Å². The predicted molar refractivity (Wildman–Crippen MR) is 58.7 cm³/mol. The SMILES string of the molecule is COC(=O)C(C)NC(C)c1ccc(C(=O)O)o1. The highest BCUT2D eigenvalue weighted by molar-refractivity contribution is 5.84. The fourth-order valence-corrected chi connectivity index (χ4v) is 1.40. The summed E-state index contributed by atoms with van der Waals surface area (Å²) in [5.74, 6) is -1.18. The first-order valence-electron chi connectivity index (χ1n) is 5.12. The van der Waals surface area contributed by atoms with Crippen LogP contribution in [0.3, 0.4) is 0 Å². The highest BCUT2D eigenvalue weighted by Gasteiger charge is 2.19. The lowest BCUT2D eigenvalue weighted by Gasteiger charge is -2.16. The number of carbonyl (C=O) groups excluding carboxylic acids is 1. The molecule has 1 heterocycles. The number of rotatable bonds is 5. The summed E-state index contributed by atoms with van der Waals surface area (Å²) in [4.78, 5) is 21.8. The Labute approximate surface area is 98.6 Å². The van der Waals surface area contributed by atoms with E-state index in [1.54, 1.807) is 19.9 Å². The summed E-state index contributed by atoms with van der Waals surface area (Å²) in [6.45, 7) is 3.42. The molecule has 0 spiro atoms. The summed E-state index contributed by atoms with van der Waals surface area (Å²) in [7, 11) is 1.31.